The maximum Gasteiger partial charge on any atom is 0.151 e. The molecule has 3 rings (SSSR count). The lowest BCUT2D eigenvalue weighted by atomic mass is 10.1. The van der Waals surface area contributed by atoms with Gasteiger partial charge in [-0.15, -0.1) is 5.10 Å². The molecule has 3 heterocycles. The Morgan fingerprint density at radius 3 is 2.79 bits per heavy atom. The van der Waals surface area contributed by atoms with Gasteiger partial charge in [-0.25, -0.2) is 0 Å². The minimum absolute atomic E-state index is 0.751. The van der Waals surface area contributed by atoms with Crippen LogP contribution in [0.25, 0.3) is 0 Å². The largest absolute Gasteiger partial charge is 0.379 e. The van der Waals surface area contributed by atoms with Crippen LogP contribution in [0, 0.1) is 12.8 Å². The van der Waals surface area contributed by atoms with Gasteiger partial charge in [0, 0.05) is 32.7 Å². The Labute approximate surface area is 114 Å². The van der Waals surface area contributed by atoms with Gasteiger partial charge in [0.1, 0.15) is 0 Å². The van der Waals surface area contributed by atoms with Crippen molar-refractivity contribution in [2.45, 2.75) is 13.3 Å². The first-order valence-corrected chi connectivity index (χ1v) is 7.16. The SMILES string of the molecule is Cc1ccc(N2CCC(CN3CCOCC3)C2)nn1. The number of nitrogens with zero attached hydrogens (tertiary/aromatic N) is 4. The average Bonchev–Trinajstić information content (AvgIpc) is 2.89. The van der Waals surface area contributed by atoms with E-state index in [1.165, 1.54) is 13.0 Å². The van der Waals surface area contributed by atoms with Gasteiger partial charge in [-0.05, 0) is 31.4 Å². The molecule has 1 atom stereocenters. The van der Waals surface area contributed by atoms with E-state index in [0.29, 0.717) is 0 Å². The normalized spacial score (nSPS) is 24.9. The molecule has 2 fully saturated rings. The summed E-state index contributed by atoms with van der Waals surface area (Å²) in [5.74, 6) is 1.77. The highest BCUT2D eigenvalue weighted by atomic mass is 16.5. The Balaban J connectivity index is 1.53. The molecule has 0 N–H and O–H groups in total. The van der Waals surface area contributed by atoms with E-state index >= 15 is 0 Å². The summed E-state index contributed by atoms with van der Waals surface area (Å²) >= 11 is 0. The number of rotatable bonds is 3. The van der Waals surface area contributed by atoms with Crippen LogP contribution in [0.1, 0.15) is 12.1 Å². The average molecular weight is 262 g/mol. The van der Waals surface area contributed by atoms with Crippen molar-refractivity contribution in [3.63, 3.8) is 0 Å². The van der Waals surface area contributed by atoms with Crippen LogP contribution in [0.15, 0.2) is 12.1 Å². The lowest BCUT2D eigenvalue weighted by Crippen LogP contribution is -2.39. The zero-order valence-corrected chi connectivity index (χ0v) is 11.6. The smallest absolute Gasteiger partial charge is 0.151 e. The van der Waals surface area contributed by atoms with Crippen LogP contribution in [0.4, 0.5) is 5.82 Å². The molecule has 0 saturated carbocycles. The predicted octanol–water partition coefficient (Wildman–Crippen LogP) is 0.944. The van der Waals surface area contributed by atoms with Crippen molar-refractivity contribution < 1.29 is 4.74 Å². The molecule has 1 aromatic heterocycles. The van der Waals surface area contributed by atoms with Crippen LogP contribution in [-0.4, -0.2) is 61.0 Å². The molecule has 19 heavy (non-hydrogen) atoms. The van der Waals surface area contributed by atoms with Crippen molar-refractivity contribution in [2.75, 3.05) is 50.8 Å². The Bertz CT molecular complexity index is 402. The monoisotopic (exact) mass is 262 g/mol. The van der Waals surface area contributed by atoms with Crippen LogP contribution in [0.2, 0.25) is 0 Å². The van der Waals surface area contributed by atoms with Gasteiger partial charge in [0.2, 0.25) is 0 Å². The van der Waals surface area contributed by atoms with E-state index in [1.54, 1.807) is 0 Å². The summed E-state index contributed by atoms with van der Waals surface area (Å²) in [6.07, 6.45) is 1.26. The molecule has 0 amide bonds. The third-order valence-corrected chi connectivity index (χ3v) is 4.01. The van der Waals surface area contributed by atoms with E-state index in [2.05, 4.69) is 26.1 Å². The molecular formula is C14H22N4O. The van der Waals surface area contributed by atoms with Crippen LogP contribution in [0.3, 0.4) is 0 Å². The highest BCUT2D eigenvalue weighted by Crippen LogP contribution is 2.22. The lowest BCUT2D eigenvalue weighted by molar-refractivity contribution is 0.0320. The van der Waals surface area contributed by atoms with Crippen LogP contribution in [-0.2, 0) is 4.74 Å². The number of hydrogen-bond donors (Lipinski definition) is 0. The van der Waals surface area contributed by atoms with Crippen molar-refractivity contribution in [1.29, 1.82) is 0 Å². The zero-order valence-electron chi connectivity index (χ0n) is 11.6. The van der Waals surface area contributed by atoms with E-state index in [0.717, 1.165) is 56.8 Å². The zero-order chi connectivity index (χ0) is 13.1. The highest BCUT2D eigenvalue weighted by molar-refractivity contribution is 5.38. The molecule has 0 radical (unpaired) electrons. The molecule has 2 aliphatic rings. The number of anilines is 1. The Morgan fingerprint density at radius 1 is 1.21 bits per heavy atom. The van der Waals surface area contributed by atoms with E-state index in [1.807, 2.05) is 13.0 Å². The topological polar surface area (TPSA) is 41.5 Å². The summed E-state index contributed by atoms with van der Waals surface area (Å²) in [6, 6.07) is 4.12. The van der Waals surface area contributed by atoms with Crippen LogP contribution in [0.5, 0.6) is 0 Å². The van der Waals surface area contributed by atoms with Crippen LogP contribution >= 0.6 is 0 Å². The van der Waals surface area contributed by atoms with Crippen molar-refractivity contribution in [3.05, 3.63) is 17.8 Å². The molecule has 1 unspecified atom stereocenters. The first kappa shape index (κ1) is 12.8. The second-order valence-electron chi connectivity index (χ2n) is 5.55. The number of morpholine rings is 1. The molecule has 0 spiro atoms. The van der Waals surface area contributed by atoms with Crippen molar-refractivity contribution in [2.24, 2.45) is 5.92 Å². The van der Waals surface area contributed by atoms with Gasteiger partial charge in [-0.1, -0.05) is 0 Å². The van der Waals surface area contributed by atoms with Gasteiger partial charge >= 0.3 is 0 Å². The van der Waals surface area contributed by atoms with Crippen molar-refractivity contribution in [3.8, 4) is 0 Å². The highest BCUT2D eigenvalue weighted by Gasteiger charge is 2.26. The molecule has 5 heteroatoms. The van der Waals surface area contributed by atoms with E-state index in [-0.39, 0.29) is 0 Å². The summed E-state index contributed by atoms with van der Waals surface area (Å²) in [5.41, 5.74) is 0.979. The summed E-state index contributed by atoms with van der Waals surface area (Å²) in [6.45, 7) is 9.32. The van der Waals surface area contributed by atoms with Gasteiger partial charge in [-0.2, -0.15) is 5.10 Å². The Hall–Kier alpha value is -1.20. The third-order valence-electron chi connectivity index (χ3n) is 4.01. The minimum atomic E-state index is 0.751. The van der Waals surface area contributed by atoms with Crippen molar-refractivity contribution in [1.82, 2.24) is 15.1 Å². The maximum absolute atomic E-state index is 5.40. The molecule has 2 saturated heterocycles. The number of hydrogen-bond acceptors (Lipinski definition) is 5. The maximum atomic E-state index is 5.40. The molecular weight excluding hydrogens is 240 g/mol. The fraction of sp³-hybridized carbons (Fsp3) is 0.714. The molecule has 2 aliphatic heterocycles. The first-order chi connectivity index (χ1) is 9.31. The summed E-state index contributed by atoms with van der Waals surface area (Å²) in [5, 5.41) is 8.43. The van der Waals surface area contributed by atoms with E-state index < -0.39 is 0 Å². The molecule has 0 aliphatic carbocycles. The fourth-order valence-corrected chi connectivity index (χ4v) is 2.90. The number of aryl methyl sites for hydroxylation is 1. The van der Waals surface area contributed by atoms with E-state index in [9.17, 15) is 0 Å². The van der Waals surface area contributed by atoms with Gasteiger partial charge in [0.05, 0.1) is 18.9 Å². The molecule has 5 nitrogen and oxygen atoms in total. The van der Waals surface area contributed by atoms with Crippen molar-refractivity contribution >= 4 is 5.82 Å². The summed E-state index contributed by atoms with van der Waals surface area (Å²) in [7, 11) is 0. The Kier molecular flexibility index (Phi) is 3.94. The van der Waals surface area contributed by atoms with Gasteiger partial charge in [0.25, 0.3) is 0 Å². The van der Waals surface area contributed by atoms with Gasteiger partial charge < -0.3 is 9.64 Å². The van der Waals surface area contributed by atoms with E-state index in [4.69, 9.17) is 4.74 Å². The molecule has 104 valence electrons. The standard InChI is InChI=1S/C14H22N4O/c1-12-2-3-14(16-15-12)18-5-4-13(11-18)10-17-6-8-19-9-7-17/h2-3,13H,4-11H2,1H3. The first-order valence-electron chi connectivity index (χ1n) is 7.16. The molecule has 0 bridgehead atoms. The lowest BCUT2D eigenvalue weighted by Gasteiger charge is -2.29. The predicted molar refractivity (Wildman–Crippen MR) is 74.3 cm³/mol. The Morgan fingerprint density at radius 2 is 2.05 bits per heavy atom. The van der Waals surface area contributed by atoms with Gasteiger partial charge in [-0.3, -0.25) is 4.90 Å². The molecule has 0 aromatic carbocycles. The minimum Gasteiger partial charge on any atom is -0.379 e. The second-order valence-corrected chi connectivity index (χ2v) is 5.55. The molecule has 1 aromatic rings. The quantitative estimate of drug-likeness (QED) is 0.811. The summed E-state index contributed by atoms with van der Waals surface area (Å²) < 4.78 is 5.40. The number of aromatic nitrogens is 2. The fourth-order valence-electron chi connectivity index (χ4n) is 2.90. The summed E-state index contributed by atoms with van der Waals surface area (Å²) in [4.78, 5) is 4.88. The van der Waals surface area contributed by atoms with Crippen LogP contribution < -0.4 is 4.90 Å². The number of ether oxygens (including phenoxy) is 1. The third kappa shape index (κ3) is 3.22. The van der Waals surface area contributed by atoms with Gasteiger partial charge in [0.15, 0.2) is 5.82 Å². The second kappa shape index (κ2) is 5.84.